The van der Waals surface area contributed by atoms with E-state index in [1.165, 1.54) is 19.6 Å². The summed E-state index contributed by atoms with van der Waals surface area (Å²) in [5.41, 5.74) is 4.38. The molecular formula is C16H19F2NO3. The van der Waals surface area contributed by atoms with E-state index in [0.29, 0.717) is 0 Å². The third kappa shape index (κ3) is 3.02. The van der Waals surface area contributed by atoms with Crippen molar-refractivity contribution >= 4 is 5.70 Å². The van der Waals surface area contributed by atoms with E-state index >= 15 is 0 Å². The summed E-state index contributed by atoms with van der Waals surface area (Å²) in [6.07, 6.45) is 7.61. The normalized spacial score (nSPS) is 19.9. The highest BCUT2D eigenvalue weighted by Crippen LogP contribution is 2.39. The molecule has 3 rings (SSSR count). The molecule has 2 aliphatic rings. The molecule has 120 valence electrons. The summed E-state index contributed by atoms with van der Waals surface area (Å²) < 4.78 is 34.3. The Labute approximate surface area is 128 Å². The van der Waals surface area contributed by atoms with Gasteiger partial charge < -0.3 is 9.47 Å². The SMILES string of the molecule is COc1cc(C2=CC3(CCCCC3)ON2)ccc1OC(F)F. The van der Waals surface area contributed by atoms with Gasteiger partial charge in [0.1, 0.15) is 5.60 Å². The van der Waals surface area contributed by atoms with Gasteiger partial charge in [-0.15, -0.1) is 0 Å². The van der Waals surface area contributed by atoms with Gasteiger partial charge in [0.2, 0.25) is 0 Å². The molecule has 4 nitrogen and oxygen atoms in total. The molecule has 1 fully saturated rings. The van der Waals surface area contributed by atoms with E-state index in [1.54, 1.807) is 12.1 Å². The van der Waals surface area contributed by atoms with Gasteiger partial charge in [-0.3, -0.25) is 10.3 Å². The summed E-state index contributed by atoms with van der Waals surface area (Å²) in [6.45, 7) is -2.88. The molecule has 0 unspecified atom stereocenters. The van der Waals surface area contributed by atoms with Crippen molar-refractivity contribution in [2.45, 2.75) is 44.3 Å². The van der Waals surface area contributed by atoms with Gasteiger partial charge in [0.25, 0.3) is 0 Å². The van der Waals surface area contributed by atoms with Crippen molar-refractivity contribution in [2.75, 3.05) is 7.11 Å². The molecule has 1 aliphatic carbocycles. The molecular weight excluding hydrogens is 292 g/mol. The van der Waals surface area contributed by atoms with Crippen molar-refractivity contribution < 1.29 is 23.1 Å². The molecule has 1 aliphatic heterocycles. The average Bonchev–Trinajstić information content (AvgIpc) is 2.91. The first-order chi connectivity index (χ1) is 10.6. The molecule has 0 saturated heterocycles. The summed E-state index contributed by atoms with van der Waals surface area (Å²) in [5, 5.41) is 0. The van der Waals surface area contributed by atoms with Crippen LogP contribution in [0.1, 0.15) is 37.7 Å². The maximum absolute atomic E-state index is 12.4. The Morgan fingerprint density at radius 2 is 1.95 bits per heavy atom. The Hall–Kier alpha value is -1.82. The second-order valence-corrected chi connectivity index (χ2v) is 5.63. The topological polar surface area (TPSA) is 39.7 Å². The van der Waals surface area contributed by atoms with E-state index in [1.807, 2.05) is 0 Å². The molecule has 1 aromatic carbocycles. The first-order valence-corrected chi connectivity index (χ1v) is 7.42. The Balaban J connectivity index is 1.84. The fourth-order valence-corrected chi connectivity index (χ4v) is 3.05. The Bertz CT molecular complexity index is 569. The number of hydrogen-bond donors (Lipinski definition) is 1. The fourth-order valence-electron chi connectivity index (χ4n) is 3.05. The molecule has 1 N–H and O–H groups in total. The van der Waals surface area contributed by atoms with Gasteiger partial charge in [0, 0.05) is 5.56 Å². The Morgan fingerprint density at radius 1 is 1.18 bits per heavy atom. The average molecular weight is 311 g/mol. The quantitative estimate of drug-likeness (QED) is 0.916. The molecule has 0 amide bonds. The van der Waals surface area contributed by atoms with Crippen LogP contribution >= 0.6 is 0 Å². The molecule has 0 bridgehead atoms. The molecule has 6 heteroatoms. The number of ether oxygens (including phenoxy) is 2. The highest BCUT2D eigenvalue weighted by atomic mass is 19.3. The lowest BCUT2D eigenvalue weighted by molar-refractivity contribution is -0.0558. The largest absolute Gasteiger partial charge is 0.493 e. The Kier molecular flexibility index (Phi) is 4.20. The maximum atomic E-state index is 12.4. The van der Waals surface area contributed by atoms with Gasteiger partial charge in [-0.2, -0.15) is 8.78 Å². The summed E-state index contributed by atoms with van der Waals surface area (Å²) in [7, 11) is 1.42. The minimum absolute atomic E-state index is 0.0214. The van der Waals surface area contributed by atoms with Gasteiger partial charge in [0.05, 0.1) is 12.8 Å². The van der Waals surface area contributed by atoms with Gasteiger partial charge in [-0.05, 0) is 37.1 Å². The number of methoxy groups -OCH3 is 1. The number of hydroxylamine groups is 1. The number of alkyl halides is 2. The number of hydrogen-bond acceptors (Lipinski definition) is 4. The van der Waals surface area contributed by atoms with Crippen LogP contribution < -0.4 is 15.0 Å². The highest BCUT2D eigenvalue weighted by Gasteiger charge is 2.36. The van der Waals surface area contributed by atoms with Crippen LogP contribution in [0.25, 0.3) is 5.70 Å². The van der Waals surface area contributed by atoms with E-state index in [0.717, 1.165) is 36.9 Å². The molecule has 22 heavy (non-hydrogen) atoms. The van der Waals surface area contributed by atoms with Crippen molar-refractivity contribution in [2.24, 2.45) is 0 Å². The van der Waals surface area contributed by atoms with E-state index in [9.17, 15) is 8.78 Å². The molecule has 1 saturated carbocycles. The van der Waals surface area contributed by atoms with E-state index < -0.39 is 6.61 Å². The summed E-state index contributed by atoms with van der Waals surface area (Å²) in [4.78, 5) is 5.78. The predicted molar refractivity (Wildman–Crippen MR) is 77.6 cm³/mol. The van der Waals surface area contributed by atoms with Crippen LogP contribution in [-0.2, 0) is 4.84 Å². The van der Waals surface area contributed by atoms with Crippen LogP contribution in [0.15, 0.2) is 24.3 Å². The van der Waals surface area contributed by atoms with Gasteiger partial charge in [-0.25, -0.2) is 0 Å². The third-order valence-corrected chi connectivity index (χ3v) is 4.16. The second-order valence-electron chi connectivity index (χ2n) is 5.63. The fraction of sp³-hybridized carbons (Fsp3) is 0.500. The van der Waals surface area contributed by atoms with Crippen LogP contribution in [0, 0.1) is 0 Å². The summed E-state index contributed by atoms with van der Waals surface area (Å²) >= 11 is 0. The predicted octanol–water partition coefficient (Wildman–Crippen LogP) is 3.88. The first kappa shape index (κ1) is 15.1. The summed E-state index contributed by atoms with van der Waals surface area (Å²) in [5.74, 6) is 0.290. The van der Waals surface area contributed by atoms with Crippen molar-refractivity contribution in [3.63, 3.8) is 0 Å². The van der Waals surface area contributed by atoms with Crippen LogP contribution in [-0.4, -0.2) is 19.3 Å². The lowest BCUT2D eigenvalue weighted by Crippen LogP contribution is -2.31. The van der Waals surface area contributed by atoms with Gasteiger partial charge >= 0.3 is 6.61 Å². The van der Waals surface area contributed by atoms with Crippen molar-refractivity contribution in [3.8, 4) is 11.5 Å². The zero-order valence-corrected chi connectivity index (χ0v) is 12.4. The van der Waals surface area contributed by atoms with E-state index in [4.69, 9.17) is 9.57 Å². The van der Waals surface area contributed by atoms with Crippen LogP contribution in [0.3, 0.4) is 0 Å². The van der Waals surface area contributed by atoms with E-state index in [2.05, 4.69) is 16.3 Å². The number of rotatable bonds is 4. The van der Waals surface area contributed by atoms with Crippen LogP contribution in [0.4, 0.5) is 8.78 Å². The number of benzene rings is 1. The molecule has 0 aromatic heterocycles. The van der Waals surface area contributed by atoms with Gasteiger partial charge in [0.15, 0.2) is 11.5 Å². The van der Waals surface area contributed by atoms with Crippen LogP contribution in [0.2, 0.25) is 0 Å². The monoisotopic (exact) mass is 311 g/mol. The van der Waals surface area contributed by atoms with Crippen molar-refractivity contribution in [1.29, 1.82) is 0 Å². The number of nitrogens with one attached hydrogen (secondary N) is 1. The van der Waals surface area contributed by atoms with Gasteiger partial charge in [-0.1, -0.05) is 19.3 Å². The lowest BCUT2D eigenvalue weighted by Gasteiger charge is -2.29. The third-order valence-electron chi connectivity index (χ3n) is 4.16. The summed E-state index contributed by atoms with van der Waals surface area (Å²) in [6, 6.07) is 4.86. The molecule has 0 radical (unpaired) electrons. The first-order valence-electron chi connectivity index (χ1n) is 7.42. The Morgan fingerprint density at radius 3 is 2.64 bits per heavy atom. The zero-order valence-electron chi connectivity index (χ0n) is 12.4. The number of halogens is 2. The van der Waals surface area contributed by atoms with Crippen molar-refractivity contribution in [3.05, 3.63) is 29.8 Å². The van der Waals surface area contributed by atoms with Crippen LogP contribution in [0.5, 0.6) is 11.5 Å². The second kappa shape index (κ2) is 6.12. The minimum atomic E-state index is -2.88. The smallest absolute Gasteiger partial charge is 0.387 e. The standard InChI is InChI=1S/C16H19F2NO3/c1-20-14-9-11(5-6-13(14)21-15(17)18)12-10-16(22-19-12)7-3-2-4-8-16/h5-6,9-10,15,19H,2-4,7-8H2,1H3. The molecule has 1 spiro atoms. The van der Waals surface area contributed by atoms with Crippen molar-refractivity contribution in [1.82, 2.24) is 5.48 Å². The maximum Gasteiger partial charge on any atom is 0.387 e. The minimum Gasteiger partial charge on any atom is -0.493 e. The zero-order chi connectivity index (χ0) is 15.6. The molecule has 1 aromatic rings. The lowest BCUT2D eigenvalue weighted by atomic mass is 9.84. The van der Waals surface area contributed by atoms with E-state index in [-0.39, 0.29) is 17.1 Å². The molecule has 0 atom stereocenters. The highest BCUT2D eigenvalue weighted by molar-refractivity contribution is 5.68. The molecule has 1 heterocycles.